The Morgan fingerprint density at radius 1 is 1.37 bits per heavy atom. The second-order valence-corrected chi connectivity index (χ2v) is 5.70. The molecule has 0 amide bonds. The molecule has 1 aromatic rings. The number of morpholine rings is 1. The van der Waals surface area contributed by atoms with E-state index in [1.54, 1.807) is 0 Å². The van der Waals surface area contributed by atoms with E-state index >= 15 is 0 Å². The van der Waals surface area contributed by atoms with Crippen molar-refractivity contribution in [2.45, 2.75) is 26.4 Å². The third-order valence-corrected chi connectivity index (χ3v) is 3.82. The lowest BCUT2D eigenvalue weighted by Gasteiger charge is -2.29. The maximum absolute atomic E-state index is 5.97. The van der Waals surface area contributed by atoms with Gasteiger partial charge in [-0.2, -0.15) is 0 Å². The standard InChI is InChI=1S/C15H23ClN2O/c1-12-9-15(16)4-3-14(12)10-17-13(2)11-18-5-7-19-8-6-18/h3-4,9,13,17H,5-8,10-11H2,1-2H3. The normalized spacial score (nSPS) is 18.5. The maximum Gasteiger partial charge on any atom is 0.0594 e. The summed E-state index contributed by atoms with van der Waals surface area (Å²) in [6.45, 7) is 10.1. The maximum atomic E-state index is 5.97. The second-order valence-electron chi connectivity index (χ2n) is 5.27. The Morgan fingerprint density at radius 2 is 2.11 bits per heavy atom. The van der Waals surface area contributed by atoms with Crippen molar-refractivity contribution in [2.75, 3.05) is 32.8 Å². The zero-order chi connectivity index (χ0) is 13.7. The molecule has 0 aliphatic carbocycles. The number of benzene rings is 1. The average molecular weight is 283 g/mol. The van der Waals surface area contributed by atoms with Crippen molar-refractivity contribution in [3.63, 3.8) is 0 Å². The van der Waals surface area contributed by atoms with E-state index in [1.165, 1.54) is 11.1 Å². The first-order valence-electron chi connectivity index (χ1n) is 6.93. The van der Waals surface area contributed by atoms with Crippen molar-refractivity contribution >= 4 is 11.6 Å². The minimum absolute atomic E-state index is 0.480. The van der Waals surface area contributed by atoms with Crippen LogP contribution in [0.3, 0.4) is 0 Å². The fourth-order valence-electron chi connectivity index (χ4n) is 2.38. The molecule has 0 spiro atoms. The van der Waals surface area contributed by atoms with E-state index in [0.717, 1.165) is 44.4 Å². The highest BCUT2D eigenvalue weighted by molar-refractivity contribution is 6.30. The van der Waals surface area contributed by atoms with E-state index in [1.807, 2.05) is 12.1 Å². The van der Waals surface area contributed by atoms with Gasteiger partial charge in [-0.1, -0.05) is 17.7 Å². The molecule has 2 rings (SSSR count). The lowest BCUT2D eigenvalue weighted by molar-refractivity contribution is 0.0343. The molecule has 1 aliphatic heterocycles. The van der Waals surface area contributed by atoms with Gasteiger partial charge in [-0.15, -0.1) is 0 Å². The Labute approximate surface area is 120 Å². The van der Waals surface area contributed by atoms with E-state index in [2.05, 4.69) is 30.1 Å². The number of halogens is 1. The van der Waals surface area contributed by atoms with Crippen LogP contribution in [0.25, 0.3) is 0 Å². The molecule has 1 unspecified atom stereocenters. The molecule has 1 heterocycles. The van der Waals surface area contributed by atoms with Gasteiger partial charge in [0.25, 0.3) is 0 Å². The number of aryl methyl sites for hydroxylation is 1. The van der Waals surface area contributed by atoms with E-state index in [9.17, 15) is 0 Å². The van der Waals surface area contributed by atoms with Crippen molar-refractivity contribution < 1.29 is 4.74 Å². The first-order valence-corrected chi connectivity index (χ1v) is 7.31. The van der Waals surface area contributed by atoms with E-state index in [4.69, 9.17) is 16.3 Å². The number of ether oxygens (including phenoxy) is 1. The Kier molecular flexibility index (Phi) is 5.64. The highest BCUT2D eigenvalue weighted by Gasteiger charge is 2.13. The summed E-state index contributed by atoms with van der Waals surface area (Å²) in [7, 11) is 0. The lowest BCUT2D eigenvalue weighted by atomic mass is 10.1. The van der Waals surface area contributed by atoms with Gasteiger partial charge >= 0.3 is 0 Å². The van der Waals surface area contributed by atoms with Crippen molar-refractivity contribution in [2.24, 2.45) is 0 Å². The zero-order valence-electron chi connectivity index (χ0n) is 11.8. The van der Waals surface area contributed by atoms with Crippen LogP contribution in [-0.4, -0.2) is 43.8 Å². The SMILES string of the molecule is Cc1cc(Cl)ccc1CNC(C)CN1CCOCC1. The van der Waals surface area contributed by atoms with Crippen molar-refractivity contribution in [3.8, 4) is 0 Å². The van der Waals surface area contributed by atoms with Crippen LogP contribution in [0.15, 0.2) is 18.2 Å². The third kappa shape index (κ3) is 4.77. The Morgan fingerprint density at radius 3 is 2.79 bits per heavy atom. The molecular weight excluding hydrogens is 260 g/mol. The number of rotatable bonds is 5. The molecule has 0 saturated carbocycles. The molecule has 106 valence electrons. The van der Waals surface area contributed by atoms with Gasteiger partial charge in [-0.25, -0.2) is 0 Å². The smallest absolute Gasteiger partial charge is 0.0594 e. The van der Waals surface area contributed by atoms with Crippen LogP contribution in [-0.2, 0) is 11.3 Å². The predicted octanol–water partition coefficient (Wildman–Crippen LogP) is 2.46. The van der Waals surface area contributed by atoms with Crippen LogP contribution >= 0.6 is 11.6 Å². The van der Waals surface area contributed by atoms with Gasteiger partial charge in [0, 0.05) is 37.2 Å². The summed E-state index contributed by atoms with van der Waals surface area (Å²) in [5.41, 5.74) is 2.57. The third-order valence-electron chi connectivity index (χ3n) is 3.58. The molecule has 0 bridgehead atoms. The van der Waals surface area contributed by atoms with Crippen molar-refractivity contribution in [1.82, 2.24) is 10.2 Å². The van der Waals surface area contributed by atoms with Crippen molar-refractivity contribution in [3.05, 3.63) is 34.3 Å². The van der Waals surface area contributed by atoms with Crippen LogP contribution < -0.4 is 5.32 Å². The summed E-state index contributed by atoms with van der Waals surface area (Å²) in [6.07, 6.45) is 0. The summed E-state index contributed by atoms with van der Waals surface area (Å²) < 4.78 is 5.36. The monoisotopic (exact) mass is 282 g/mol. The van der Waals surface area contributed by atoms with Gasteiger partial charge in [0.1, 0.15) is 0 Å². The highest BCUT2D eigenvalue weighted by Crippen LogP contribution is 2.15. The van der Waals surface area contributed by atoms with E-state index in [0.29, 0.717) is 6.04 Å². The van der Waals surface area contributed by atoms with Gasteiger partial charge in [0.15, 0.2) is 0 Å². The summed E-state index contributed by atoms with van der Waals surface area (Å²) in [6, 6.07) is 6.56. The number of hydrogen-bond acceptors (Lipinski definition) is 3. The summed E-state index contributed by atoms with van der Waals surface area (Å²) in [5, 5.41) is 4.39. The van der Waals surface area contributed by atoms with E-state index < -0.39 is 0 Å². The predicted molar refractivity (Wildman–Crippen MR) is 79.7 cm³/mol. The first-order chi connectivity index (χ1) is 9.15. The zero-order valence-corrected chi connectivity index (χ0v) is 12.5. The molecule has 1 aromatic carbocycles. The molecule has 4 heteroatoms. The van der Waals surface area contributed by atoms with Gasteiger partial charge < -0.3 is 10.1 Å². The Balaban J connectivity index is 1.77. The van der Waals surface area contributed by atoms with Gasteiger partial charge in [-0.05, 0) is 37.1 Å². The quantitative estimate of drug-likeness (QED) is 0.898. The number of nitrogens with one attached hydrogen (secondary N) is 1. The Bertz CT molecular complexity index is 405. The lowest BCUT2D eigenvalue weighted by Crippen LogP contribution is -2.44. The van der Waals surface area contributed by atoms with Crippen LogP contribution in [0.1, 0.15) is 18.1 Å². The first kappa shape index (κ1) is 14.8. The topological polar surface area (TPSA) is 24.5 Å². The van der Waals surface area contributed by atoms with Gasteiger partial charge in [0.2, 0.25) is 0 Å². The van der Waals surface area contributed by atoms with Gasteiger partial charge in [0.05, 0.1) is 13.2 Å². The van der Waals surface area contributed by atoms with Gasteiger partial charge in [-0.3, -0.25) is 4.90 Å². The molecule has 1 atom stereocenters. The fraction of sp³-hybridized carbons (Fsp3) is 0.600. The molecule has 0 aromatic heterocycles. The number of hydrogen-bond donors (Lipinski definition) is 1. The molecule has 0 radical (unpaired) electrons. The molecule has 1 saturated heterocycles. The molecule has 3 nitrogen and oxygen atoms in total. The summed E-state index contributed by atoms with van der Waals surface area (Å²) >= 11 is 5.97. The van der Waals surface area contributed by atoms with Crippen molar-refractivity contribution in [1.29, 1.82) is 0 Å². The molecule has 1 fully saturated rings. The largest absolute Gasteiger partial charge is 0.379 e. The van der Waals surface area contributed by atoms with Crippen LogP contribution in [0.4, 0.5) is 0 Å². The van der Waals surface area contributed by atoms with Crippen LogP contribution in [0.5, 0.6) is 0 Å². The van der Waals surface area contributed by atoms with Crippen LogP contribution in [0.2, 0.25) is 5.02 Å². The molecule has 19 heavy (non-hydrogen) atoms. The minimum atomic E-state index is 0.480. The second kappa shape index (κ2) is 7.25. The average Bonchev–Trinajstić information content (AvgIpc) is 2.39. The fourth-order valence-corrected chi connectivity index (χ4v) is 2.60. The summed E-state index contributed by atoms with van der Waals surface area (Å²) in [5.74, 6) is 0. The molecule has 1 N–H and O–H groups in total. The molecular formula is C15H23ClN2O. The van der Waals surface area contributed by atoms with Crippen LogP contribution in [0, 0.1) is 6.92 Å². The number of nitrogens with zero attached hydrogens (tertiary/aromatic N) is 1. The molecule has 1 aliphatic rings. The van der Waals surface area contributed by atoms with E-state index in [-0.39, 0.29) is 0 Å². The Hall–Kier alpha value is -0.610. The highest BCUT2D eigenvalue weighted by atomic mass is 35.5. The minimum Gasteiger partial charge on any atom is -0.379 e. The summed E-state index contributed by atoms with van der Waals surface area (Å²) in [4.78, 5) is 2.45.